The van der Waals surface area contributed by atoms with Crippen LogP contribution in [0.5, 0.6) is 0 Å². The SMILES string of the molecule is Cc1nc(Br)c(C(F)F)cc1CBr. The molecule has 0 unspecified atom stereocenters. The quantitative estimate of drug-likeness (QED) is 0.594. The molecule has 1 heterocycles. The average Bonchev–Trinajstić information content (AvgIpc) is 2.03. The Morgan fingerprint density at radius 2 is 2.15 bits per heavy atom. The van der Waals surface area contributed by atoms with E-state index in [1.165, 1.54) is 6.07 Å². The Bertz CT molecular complexity index is 315. The van der Waals surface area contributed by atoms with Crippen LogP contribution in [0.3, 0.4) is 0 Å². The van der Waals surface area contributed by atoms with Crippen LogP contribution < -0.4 is 0 Å². The van der Waals surface area contributed by atoms with Crippen molar-refractivity contribution in [2.24, 2.45) is 0 Å². The monoisotopic (exact) mass is 313 g/mol. The van der Waals surface area contributed by atoms with Crippen molar-refractivity contribution in [1.29, 1.82) is 0 Å². The predicted octanol–water partition coefficient (Wildman–Crippen LogP) is 3.99. The molecule has 0 radical (unpaired) electrons. The van der Waals surface area contributed by atoms with Crippen LogP contribution in [0.4, 0.5) is 8.78 Å². The van der Waals surface area contributed by atoms with E-state index in [0.29, 0.717) is 5.33 Å². The van der Waals surface area contributed by atoms with Gasteiger partial charge in [-0.1, -0.05) is 15.9 Å². The number of pyridine rings is 1. The molecule has 0 saturated carbocycles. The van der Waals surface area contributed by atoms with Crippen molar-refractivity contribution < 1.29 is 8.78 Å². The summed E-state index contributed by atoms with van der Waals surface area (Å²) in [5.41, 5.74) is 1.49. The molecule has 0 saturated heterocycles. The maximum Gasteiger partial charge on any atom is 0.266 e. The van der Waals surface area contributed by atoms with Crippen molar-refractivity contribution >= 4 is 31.9 Å². The fraction of sp³-hybridized carbons (Fsp3) is 0.375. The predicted molar refractivity (Wildman–Crippen MR) is 54.3 cm³/mol. The second-order valence-electron chi connectivity index (χ2n) is 2.55. The largest absolute Gasteiger partial charge is 0.266 e. The number of alkyl halides is 3. The first kappa shape index (κ1) is 11.0. The van der Waals surface area contributed by atoms with Gasteiger partial charge in [0, 0.05) is 11.0 Å². The van der Waals surface area contributed by atoms with E-state index in [1.54, 1.807) is 6.92 Å². The van der Waals surface area contributed by atoms with Crippen LogP contribution in [-0.2, 0) is 5.33 Å². The zero-order valence-electron chi connectivity index (χ0n) is 6.82. The van der Waals surface area contributed by atoms with Gasteiger partial charge in [0.15, 0.2) is 0 Å². The van der Waals surface area contributed by atoms with Gasteiger partial charge < -0.3 is 0 Å². The Morgan fingerprint density at radius 1 is 1.54 bits per heavy atom. The van der Waals surface area contributed by atoms with Crippen LogP contribution >= 0.6 is 31.9 Å². The third-order valence-corrected chi connectivity index (χ3v) is 2.92. The molecular formula is C8H7Br2F2N. The average molecular weight is 315 g/mol. The molecule has 1 aromatic rings. The summed E-state index contributed by atoms with van der Waals surface area (Å²) in [6.07, 6.45) is -2.49. The number of hydrogen-bond acceptors (Lipinski definition) is 1. The minimum Gasteiger partial charge on any atom is -0.245 e. The number of aromatic nitrogens is 1. The minimum atomic E-state index is -2.49. The topological polar surface area (TPSA) is 12.9 Å². The molecule has 0 aliphatic heterocycles. The molecule has 0 bridgehead atoms. The van der Waals surface area contributed by atoms with Crippen LogP contribution in [0.2, 0.25) is 0 Å². The van der Waals surface area contributed by atoms with E-state index in [0.717, 1.165) is 11.3 Å². The molecule has 0 aromatic carbocycles. The highest BCUT2D eigenvalue weighted by atomic mass is 79.9. The van der Waals surface area contributed by atoms with Crippen LogP contribution in [-0.4, -0.2) is 4.98 Å². The molecule has 1 aromatic heterocycles. The lowest BCUT2D eigenvalue weighted by Gasteiger charge is -2.07. The second kappa shape index (κ2) is 4.46. The van der Waals surface area contributed by atoms with E-state index < -0.39 is 6.43 Å². The molecule has 0 N–H and O–H groups in total. The number of aryl methyl sites for hydroxylation is 1. The number of rotatable bonds is 2. The van der Waals surface area contributed by atoms with Crippen LogP contribution in [0, 0.1) is 6.92 Å². The van der Waals surface area contributed by atoms with Gasteiger partial charge in [-0.3, -0.25) is 0 Å². The summed E-state index contributed by atoms with van der Waals surface area (Å²) >= 11 is 6.22. The molecular weight excluding hydrogens is 308 g/mol. The highest BCUT2D eigenvalue weighted by Crippen LogP contribution is 2.28. The van der Waals surface area contributed by atoms with Gasteiger partial charge in [-0.2, -0.15) is 0 Å². The third kappa shape index (κ3) is 2.47. The minimum absolute atomic E-state index is 0.0555. The molecule has 0 fully saturated rings. The summed E-state index contributed by atoms with van der Waals surface area (Å²) in [6, 6.07) is 1.46. The van der Waals surface area contributed by atoms with Crippen molar-refractivity contribution in [3.63, 3.8) is 0 Å². The molecule has 0 amide bonds. The Morgan fingerprint density at radius 3 is 2.62 bits per heavy atom. The van der Waals surface area contributed by atoms with Crippen LogP contribution in [0.15, 0.2) is 10.7 Å². The van der Waals surface area contributed by atoms with Gasteiger partial charge in [-0.25, -0.2) is 13.8 Å². The van der Waals surface area contributed by atoms with E-state index in [1.807, 2.05) is 0 Å². The van der Waals surface area contributed by atoms with Gasteiger partial charge >= 0.3 is 0 Å². The molecule has 72 valence electrons. The Kier molecular flexibility index (Phi) is 3.79. The molecule has 0 aliphatic carbocycles. The first-order chi connectivity index (χ1) is 6.06. The second-order valence-corrected chi connectivity index (χ2v) is 3.86. The maximum absolute atomic E-state index is 12.4. The summed E-state index contributed by atoms with van der Waals surface area (Å²) in [5, 5.41) is 0.541. The van der Waals surface area contributed by atoms with Gasteiger partial charge in [0.1, 0.15) is 4.60 Å². The lowest BCUT2D eigenvalue weighted by atomic mass is 10.2. The van der Waals surface area contributed by atoms with E-state index in [2.05, 4.69) is 36.8 Å². The lowest BCUT2D eigenvalue weighted by Crippen LogP contribution is -1.96. The Hall–Kier alpha value is -0.0300. The maximum atomic E-state index is 12.4. The number of nitrogens with zero attached hydrogens (tertiary/aromatic N) is 1. The fourth-order valence-corrected chi connectivity index (χ4v) is 2.04. The van der Waals surface area contributed by atoms with E-state index >= 15 is 0 Å². The van der Waals surface area contributed by atoms with Crippen molar-refractivity contribution in [2.75, 3.05) is 0 Å². The highest BCUT2D eigenvalue weighted by Gasteiger charge is 2.14. The lowest BCUT2D eigenvalue weighted by molar-refractivity contribution is 0.150. The molecule has 1 nitrogen and oxygen atoms in total. The van der Waals surface area contributed by atoms with Crippen LogP contribution in [0.1, 0.15) is 23.2 Å². The van der Waals surface area contributed by atoms with Crippen LogP contribution in [0.25, 0.3) is 0 Å². The summed E-state index contributed by atoms with van der Waals surface area (Å²) in [4.78, 5) is 3.97. The number of halogens is 4. The zero-order chi connectivity index (χ0) is 10.0. The first-order valence-electron chi connectivity index (χ1n) is 3.56. The smallest absolute Gasteiger partial charge is 0.245 e. The van der Waals surface area contributed by atoms with E-state index in [-0.39, 0.29) is 10.2 Å². The first-order valence-corrected chi connectivity index (χ1v) is 5.47. The summed E-state index contributed by atoms with van der Waals surface area (Å²) < 4.78 is 25.0. The summed E-state index contributed by atoms with van der Waals surface area (Å²) in [7, 11) is 0. The molecule has 0 atom stereocenters. The van der Waals surface area contributed by atoms with E-state index in [4.69, 9.17) is 0 Å². The van der Waals surface area contributed by atoms with Gasteiger partial charge in [-0.15, -0.1) is 0 Å². The standard InChI is InChI=1S/C8H7Br2F2N/c1-4-5(3-9)2-6(8(11)12)7(10)13-4/h2,8H,3H2,1H3. The summed E-state index contributed by atoms with van der Waals surface area (Å²) in [5.74, 6) is 0. The van der Waals surface area contributed by atoms with Gasteiger partial charge in [0.25, 0.3) is 6.43 Å². The molecule has 0 aliphatic rings. The van der Waals surface area contributed by atoms with Gasteiger partial charge in [0.2, 0.25) is 0 Å². The van der Waals surface area contributed by atoms with Crippen molar-refractivity contribution in [3.8, 4) is 0 Å². The van der Waals surface area contributed by atoms with E-state index in [9.17, 15) is 8.78 Å². The van der Waals surface area contributed by atoms with Crippen molar-refractivity contribution in [3.05, 3.63) is 27.5 Å². The zero-order valence-corrected chi connectivity index (χ0v) is 9.99. The molecule has 1 rings (SSSR count). The summed E-state index contributed by atoms with van der Waals surface area (Å²) in [6.45, 7) is 1.79. The highest BCUT2D eigenvalue weighted by molar-refractivity contribution is 9.10. The fourth-order valence-electron chi connectivity index (χ4n) is 0.924. The van der Waals surface area contributed by atoms with Gasteiger partial charge in [-0.05, 0) is 34.5 Å². The normalized spacial score (nSPS) is 10.9. The van der Waals surface area contributed by atoms with Crippen molar-refractivity contribution in [2.45, 2.75) is 18.7 Å². The van der Waals surface area contributed by atoms with Crippen molar-refractivity contribution in [1.82, 2.24) is 4.98 Å². The Balaban J connectivity index is 3.22. The molecule has 5 heteroatoms. The van der Waals surface area contributed by atoms with Gasteiger partial charge in [0.05, 0.1) is 5.56 Å². The Labute approximate surface area is 91.8 Å². The molecule has 0 spiro atoms. The third-order valence-electron chi connectivity index (χ3n) is 1.68. The number of hydrogen-bond donors (Lipinski definition) is 0. The molecule has 13 heavy (non-hydrogen) atoms.